The molecule has 0 aliphatic carbocycles. The van der Waals surface area contributed by atoms with Crippen molar-refractivity contribution in [2.75, 3.05) is 13.2 Å². The highest BCUT2D eigenvalue weighted by Crippen LogP contribution is 2.29. The molecule has 0 aliphatic rings. The summed E-state index contributed by atoms with van der Waals surface area (Å²) in [6, 6.07) is 17.8. The van der Waals surface area contributed by atoms with E-state index in [4.69, 9.17) is 32.7 Å². The van der Waals surface area contributed by atoms with Crippen LogP contribution in [0.3, 0.4) is 0 Å². The van der Waals surface area contributed by atoms with Gasteiger partial charge in [0.05, 0.1) is 22.9 Å². The summed E-state index contributed by atoms with van der Waals surface area (Å²) >= 11 is 15.2. The van der Waals surface area contributed by atoms with Crippen molar-refractivity contribution in [1.82, 2.24) is 10.7 Å². The van der Waals surface area contributed by atoms with Gasteiger partial charge in [-0.15, -0.1) is 0 Å². The lowest BCUT2D eigenvalue weighted by Crippen LogP contribution is -2.29. The Balaban J connectivity index is 1.48. The summed E-state index contributed by atoms with van der Waals surface area (Å²) in [5.74, 6) is 0.490. The molecule has 0 saturated heterocycles. The summed E-state index contributed by atoms with van der Waals surface area (Å²) in [5, 5.41) is 7.28. The van der Waals surface area contributed by atoms with Gasteiger partial charge in [0.1, 0.15) is 6.61 Å². The molecule has 10 heteroatoms. The lowest BCUT2D eigenvalue weighted by atomic mass is 10.2. The third-order valence-corrected chi connectivity index (χ3v) is 6.07. The van der Waals surface area contributed by atoms with E-state index in [9.17, 15) is 9.59 Å². The van der Waals surface area contributed by atoms with Gasteiger partial charge in [0, 0.05) is 23.0 Å². The molecule has 0 atom stereocenters. The number of hydrogen-bond acceptors (Lipinski definition) is 5. The van der Waals surface area contributed by atoms with Crippen molar-refractivity contribution in [3.8, 4) is 11.5 Å². The Morgan fingerprint density at radius 1 is 0.972 bits per heavy atom. The number of halogens is 3. The van der Waals surface area contributed by atoms with Gasteiger partial charge >= 0.3 is 0 Å². The molecule has 0 bridgehead atoms. The van der Waals surface area contributed by atoms with Gasteiger partial charge in [-0.3, -0.25) is 9.59 Å². The van der Waals surface area contributed by atoms with E-state index in [1.54, 1.807) is 24.3 Å². The summed E-state index contributed by atoms with van der Waals surface area (Å²) in [5.41, 5.74) is 4.56. The second-order valence-corrected chi connectivity index (χ2v) is 9.21. The largest absolute Gasteiger partial charge is 0.490 e. The van der Waals surface area contributed by atoms with Gasteiger partial charge in [-0.05, 0) is 66.6 Å². The lowest BCUT2D eigenvalue weighted by Gasteiger charge is -2.12. The highest BCUT2D eigenvalue weighted by atomic mass is 79.9. The Labute approximate surface area is 227 Å². The zero-order valence-electron chi connectivity index (χ0n) is 19.4. The number of carbonyl (C=O) groups is 2. The monoisotopic (exact) mass is 591 g/mol. The van der Waals surface area contributed by atoms with E-state index >= 15 is 0 Å². The SMILES string of the molecule is CCOc1cc(C=NNC(=O)CCNC(=O)c2ccc(Cl)c(Cl)c2)ccc1OCc1ccc(Br)cc1. The van der Waals surface area contributed by atoms with E-state index in [0.29, 0.717) is 35.3 Å². The molecule has 7 nitrogen and oxygen atoms in total. The number of amides is 2. The molecule has 3 rings (SSSR count). The van der Waals surface area contributed by atoms with E-state index in [0.717, 1.165) is 15.6 Å². The molecule has 36 heavy (non-hydrogen) atoms. The first-order chi connectivity index (χ1) is 17.4. The molecule has 2 N–H and O–H groups in total. The average Bonchev–Trinajstić information content (AvgIpc) is 2.86. The summed E-state index contributed by atoms with van der Waals surface area (Å²) in [6.45, 7) is 2.90. The van der Waals surface area contributed by atoms with E-state index in [1.807, 2.05) is 37.3 Å². The van der Waals surface area contributed by atoms with Gasteiger partial charge < -0.3 is 14.8 Å². The van der Waals surface area contributed by atoms with Crippen molar-refractivity contribution in [2.24, 2.45) is 5.10 Å². The molecule has 0 unspecified atom stereocenters. The maximum absolute atomic E-state index is 12.1. The normalized spacial score (nSPS) is 10.8. The van der Waals surface area contributed by atoms with Crippen molar-refractivity contribution in [3.63, 3.8) is 0 Å². The minimum atomic E-state index is -0.351. The Morgan fingerprint density at radius 3 is 2.47 bits per heavy atom. The van der Waals surface area contributed by atoms with Gasteiger partial charge in [0.2, 0.25) is 5.91 Å². The van der Waals surface area contributed by atoms with E-state index in [1.165, 1.54) is 12.3 Å². The Bertz CT molecular complexity index is 1240. The predicted molar refractivity (Wildman–Crippen MR) is 145 cm³/mol. The third kappa shape index (κ3) is 8.55. The van der Waals surface area contributed by atoms with Crippen LogP contribution in [-0.4, -0.2) is 31.2 Å². The molecule has 2 amide bonds. The number of hydrazone groups is 1. The van der Waals surface area contributed by atoms with Crippen LogP contribution in [0.4, 0.5) is 0 Å². The molecular weight excluding hydrogens is 569 g/mol. The third-order valence-electron chi connectivity index (χ3n) is 4.80. The van der Waals surface area contributed by atoms with Crippen LogP contribution >= 0.6 is 39.1 Å². The number of nitrogens with one attached hydrogen (secondary N) is 2. The Hall–Kier alpha value is -3.07. The Morgan fingerprint density at radius 2 is 1.75 bits per heavy atom. The molecule has 3 aromatic carbocycles. The van der Waals surface area contributed by atoms with Crippen LogP contribution in [0.5, 0.6) is 11.5 Å². The first-order valence-corrected chi connectivity index (χ1v) is 12.6. The van der Waals surface area contributed by atoms with Gasteiger partial charge in [-0.1, -0.05) is 51.3 Å². The number of rotatable bonds is 11. The summed E-state index contributed by atoms with van der Waals surface area (Å²) < 4.78 is 12.6. The van der Waals surface area contributed by atoms with Crippen molar-refractivity contribution < 1.29 is 19.1 Å². The van der Waals surface area contributed by atoms with Gasteiger partial charge in [-0.25, -0.2) is 5.43 Å². The number of nitrogens with zero attached hydrogens (tertiary/aromatic N) is 1. The van der Waals surface area contributed by atoms with Crippen LogP contribution in [0, 0.1) is 0 Å². The molecule has 0 aromatic heterocycles. The topological polar surface area (TPSA) is 89.0 Å². The zero-order valence-corrected chi connectivity index (χ0v) is 22.5. The fourth-order valence-electron chi connectivity index (χ4n) is 3.00. The standard InChI is InChI=1S/C26H24BrCl2N3O4/c1-2-35-24-13-18(5-10-23(24)36-16-17-3-7-20(27)8-4-17)15-31-32-25(33)11-12-30-26(34)19-6-9-21(28)22(29)14-19/h3-10,13-15H,2,11-12,16H2,1H3,(H,30,34)(H,32,33). The van der Waals surface area contributed by atoms with Crippen molar-refractivity contribution in [3.05, 3.63) is 91.9 Å². The molecule has 0 heterocycles. The lowest BCUT2D eigenvalue weighted by molar-refractivity contribution is -0.120. The van der Waals surface area contributed by atoms with E-state index in [2.05, 4.69) is 31.8 Å². The summed E-state index contributed by atoms with van der Waals surface area (Å²) in [7, 11) is 0. The molecule has 0 fully saturated rings. The Kier molecular flexibility index (Phi) is 10.6. The van der Waals surface area contributed by atoms with E-state index in [-0.39, 0.29) is 29.8 Å². The van der Waals surface area contributed by atoms with Crippen LogP contribution in [0.15, 0.2) is 70.2 Å². The summed E-state index contributed by atoms with van der Waals surface area (Å²) in [6.07, 6.45) is 1.56. The molecule has 0 spiro atoms. The van der Waals surface area contributed by atoms with Gasteiger partial charge in [-0.2, -0.15) is 5.10 Å². The van der Waals surface area contributed by atoms with Gasteiger partial charge in [0.25, 0.3) is 5.91 Å². The quantitative estimate of drug-likeness (QED) is 0.211. The smallest absolute Gasteiger partial charge is 0.251 e. The molecule has 0 saturated carbocycles. The molecule has 0 radical (unpaired) electrons. The molecular formula is C26H24BrCl2N3O4. The number of hydrogen-bond donors (Lipinski definition) is 2. The minimum Gasteiger partial charge on any atom is -0.490 e. The first-order valence-electron chi connectivity index (χ1n) is 11.0. The van der Waals surface area contributed by atoms with Crippen molar-refractivity contribution in [2.45, 2.75) is 20.0 Å². The maximum Gasteiger partial charge on any atom is 0.251 e. The van der Waals surface area contributed by atoms with Crippen LogP contribution in [-0.2, 0) is 11.4 Å². The van der Waals surface area contributed by atoms with Crippen molar-refractivity contribution in [1.29, 1.82) is 0 Å². The maximum atomic E-state index is 12.1. The molecule has 3 aromatic rings. The fraction of sp³-hybridized carbons (Fsp3) is 0.192. The number of ether oxygens (including phenoxy) is 2. The minimum absolute atomic E-state index is 0.0530. The van der Waals surface area contributed by atoms with E-state index < -0.39 is 0 Å². The molecule has 0 aliphatic heterocycles. The van der Waals surface area contributed by atoms with Crippen molar-refractivity contribution >= 4 is 57.2 Å². The first kappa shape index (κ1) is 27.5. The summed E-state index contributed by atoms with van der Waals surface area (Å²) in [4.78, 5) is 24.2. The molecule has 188 valence electrons. The van der Waals surface area contributed by atoms with Crippen LogP contribution in [0.1, 0.15) is 34.8 Å². The second-order valence-electron chi connectivity index (χ2n) is 7.48. The predicted octanol–water partition coefficient (Wildman–Crippen LogP) is 6.00. The average molecular weight is 593 g/mol. The van der Waals surface area contributed by atoms with Crippen LogP contribution < -0.4 is 20.2 Å². The van der Waals surface area contributed by atoms with Crippen LogP contribution in [0.2, 0.25) is 10.0 Å². The number of benzene rings is 3. The second kappa shape index (κ2) is 13.9. The highest BCUT2D eigenvalue weighted by molar-refractivity contribution is 9.10. The highest BCUT2D eigenvalue weighted by Gasteiger charge is 2.09. The number of carbonyl (C=O) groups excluding carboxylic acids is 2. The zero-order chi connectivity index (χ0) is 25.9. The fourth-order valence-corrected chi connectivity index (χ4v) is 3.56. The van der Waals surface area contributed by atoms with Crippen LogP contribution in [0.25, 0.3) is 0 Å². The van der Waals surface area contributed by atoms with Gasteiger partial charge in [0.15, 0.2) is 11.5 Å².